The Kier molecular flexibility index (Phi) is 7.88. The van der Waals surface area contributed by atoms with Gasteiger partial charge in [0.25, 0.3) is 0 Å². The van der Waals surface area contributed by atoms with Gasteiger partial charge in [0.2, 0.25) is 17.7 Å². The second kappa shape index (κ2) is 10.4. The minimum Gasteiger partial charge on any atom is -0.345 e. The number of allylic oxidation sites excluding steroid dienone is 5. The third-order valence-corrected chi connectivity index (χ3v) is 4.22. The zero-order valence-corrected chi connectivity index (χ0v) is 17.2. The maximum atomic E-state index is 12.5. The number of carbonyl (C=O) groups excluding carboxylic acids is 3. The molecule has 0 spiro atoms. The Hall–Kier alpha value is -3.23. The molecule has 0 aromatic carbocycles. The highest BCUT2D eigenvalue weighted by Gasteiger charge is 2.24. The normalized spacial score (nSPS) is 14.5. The summed E-state index contributed by atoms with van der Waals surface area (Å²) in [6.45, 7) is 7.20. The van der Waals surface area contributed by atoms with E-state index in [-0.39, 0.29) is 30.8 Å². The summed E-state index contributed by atoms with van der Waals surface area (Å²) in [7, 11) is 0. The van der Waals surface area contributed by atoms with Gasteiger partial charge in [-0.15, -0.1) is 5.10 Å². The highest BCUT2D eigenvalue weighted by molar-refractivity contribution is 5.91. The third kappa shape index (κ3) is 7.36. The molecule has 0 bridgehead atoms. The molecule has 9 heteroatoms. The monoisotopic (exact) mass is 400 g/mol. The van der Waals surface area contributed by atoms with E-state index in [4.69, 9.17) is 0 Å². The van der Waals surface area contributed by atoms with E-state index in [1.807, 2.05) is 45.1 Å². The molecule has 0 saturated carbocycles. The van der Waals surface area contributed by atoms with Gasteiger partial charge in [-0.2, -0.15) is 0 Å². The lowest BCUT2D eigenvalue weighted by atomic mass is 10.0. The average Bonchev–Trinajstić information content (AvgIpc) is 2.94. The molecule has 1 aliphatic carbocycles. The maximum absolute atomic E-state index is 12.5. The van der Waals surface area contributed by atoms with E-state index < -0.39 is 11.9 Å². The lowest BCUT2D eigenvalue weighted by molar-refractivity contribution is -0.131. The average molecular weight is 400 g/mol. The molecule has 1 aliphatic rings. The largest absolute Gasteiger partial charge is 0.345 e. The number of rotatable bonds is 8. The first-order chi connectivity index (χ1) is 13.7. The van der Waals surface area contributed by atoms with Crippen molar-refractivity contribution in [2.45, 2.75) is 46.7 Å². The highest BCUT2D eigenvalue weighted by Crippen LogP contribution is 2.08. The number of amides is 3. The van der Waals surface area contributed by atoms with Crippen molar-refractivity contribution in [3.8, 4) is 0 Å². The van der Waals surface area contributed by atoms with Crippen LogP contribution in [0.2, 0.25) is 0 Å². The van der Waals surface area contributed by atoms with Gasteiger partial charge in [-0.25, -0.2) is 4.68 Å². The molecular weight excluding hydrogens is 372 g/mol. The number of hydrogen-bond acceptors (Lipinski definition) is 5. The first kappa shape index (κ1) is 22.1. The summed E-state index contributed by atoms with van der Waals surface area (Å²) in [5.41, 5.74) is 2.56. The van der Waals surface area contributed by atoms with Crippen molar-refractivity contribution < 1.29 is 14.4 Å². The smallest absolute Gasteiger partial charge is 0.243 e. The zero-order valence-electron chi connectivity index (χ0n) is 17.2. The lowest BCUT2D eigenvalue weighted by Crippen LogP contribution is -2.52. The van der Waals surface area contributed by atoms with E-state index in [2.05, 4.69) is 26.3 Å². The predicted molar refractivity (Wildman–Crippen MR) is 108 cm³/mol. The Bertz CT molecular complexity index is 850. The molecule has 3 amide bonds. The summed E-state index contributed by atoms with van der Waals surface area (Å²) in [6.07, 6.45) is 10.0. The number of aromatic nitrogens is 3. The fraction of sp³-hybridized carbons (Fsp3) is 0.450. The van der Waals surface area contributed by atoms with Crippen molar-refractivity contribution in [2.75, 3.05) is 6.54 Å². The first-order valence-electron chi connectivity index (χ1n) is 9.52. The molecule has 0 radical (unpaired) electrons. The standard InChI is InChI=1S/C20H28N6O3/c1-13(2)19(23-18(28)12-26-11-15(4)24-25-26)20(29)21-10-17(27)22-16-7-5-6-14(3)8-9-16/h5,7-9,11,13,19H,6,10,12H2,1-4H3,(H,21,29)(H,22,27)(H,23,28). The van der Waals surface area contributed by atoms with Crippen LogP contribution in [0.15, 0.2) is 41.8 Å². The summed E-state index contributed by atoms with van der Waals surface area (Å²) >= 11 is 0. The van der Waals surface area contributed by atoms with Crippen molar-refractivity contribution >= 4 is 17.7 Å². The van der Waals surface area contributed by atoms with Gasteiger partial charge in [-0.1, -0.05) is 36.8 Å². The quantitative estimate of drug-likeness (QED) is 0.595. The Labute approximate surface area is 170 Å². The van der Waals surface area contributed by atoms with E-state index in [1.165, 1.54) is 10.3 Å². The molecular formula is C20H28N6O3. The summed E-state index contributed by atoms with van der Waals surface area (Å²) in [4.78, 5) is 36.9. The van der Waals surface area contributed by atoms with Gasteiger partial charge < -0.3 is 16.0 Å². The van der Waals surface area contributed by atoms with Crippen molar-refractivity contribution in [2.24, 2.45) is 5.92 Å². The van der Waals surface area contributed by atoms with E-state index in [0.717, 1.165) is 6.42 Å². The first-order valence-corrected chi connectivity index (χ1v) is 9.52. The molecule has 1 heterocycles. The zero-order chi connectivity index (χ0) is 21.4. The highest BCUT2D eigenvalue weighted by atomic mass is 16.2. The van der Waals surface area contributed by atoms with Crippen LogP contribution in [0.5, 0.6) is 0 Å². The lowest BCUT2D eigenvalue weighted by Gasteiger charge is -2.21. The second-order valence-electron chi connectivity index (χ2n) is 7.35. The van der Waals surface area contributed by atoms with Crippen LogP contribution in [-0.4, -0.2) is 45.3 Å². The van der Waals surface area contributed by atoms with Crippen molar-refractivity contribution in [1.29, 1.82) is 0 Å². The van der Waals surface area contributed by atoms with Crippen LogP contribution in [0, 0.1) is 12.8 Å². The van der Waals surface area contributed by atoms with E-state index in [1.54, 1.807) is 13.1 Å². The molecule has 1 atom stereocenters. The molecule has 9 nitrogen and oxygen atoms in total. The van der Waals surface area contributed by atoms with Gasteiger partial charge in [0.1, 0.15) is 12.6 Å². The number of nitrogens with zero attached hydrogens (tertiary/aromatic N) is 3. The maximum Gasteiger partial charge on any atom is 0.243 e. The van der Waals surface area contributed by atoms with Crippen molar-refractivity contribution in [1.82, 2.24) is 30.9 Å². The van der Waals surface area contributed by atoms with Crippen molar-refractivity contribution in [3.63, 3.8) is 0 Å². The van der Waals surface area contributed by atoms with Gasteiger partial charge in [-0.3, -0.25) is 14.4 Å². The van der Waals surface area contributed by atoms with E-state index in [0.29, 0.717) is 11.4 Å². The molecule has 156 valence electrons. The van der Waals surface area contributed by atoms with Gasteiger partial charge in [0, 0.05) is 11.9 Å². The predicted octanol–water partition coefficient (Wildman–Crippen LogP) is 0.750. The van der Waals surface area contributed by atoms with E-state index >= 15 is 0 Å². The van der Waals surface area contributed by atoms with Gasteiger partial charge in [0.05, 0.1) is 12.2 Å². The number of hydrogen-bond donors (Lipinski definition) is 3. The molecule has 2 rings (SSSR count). The summed E-state index contributed by atoms with van der Waals surface area (Å²) < 4.78 is 1.40. The van der Waals surface area contributed by atoms with Crippen LogP contribution in [0.3, 0.4) is 0 Å². The van der Waals surface area contributed by atoms with Crippen LogP contribution in [0.4, 0.5) is 0 Å². The molecule has 0 aliphatic heterocycles. The molecule has 1 aromatic rings. The molecule has 0 fully saturated rings. The topological polar surface area (TPSA) is 118 Å². The fourth-order valence-electron chi connectivity index (χ4n) is 2.67. The Morgan fingerprint density at radius 1 is 1.17 bits per heavy atom. The Balaban J connectivity index is 1.85. The van der Waals surface area contributed by atoms with Crippen LogP contribution in [-0.2, 0) is 20.9 Å². The molecule has 1 aromatic heterocycles. The van der Waals surface area contributed by atoms with Crippen LogP contribution < -0.4 is 16.0 Å². The van der Waals surface area contributed by atoms with Gasteiger partial charge in [0.15, 0.2) is 0 Å². The second-order valence-corrected chi connectivity index (χ2v) is 7.35. The van der Waals surface area contributed by atoms with Gasteiger partial charge >= 0.3 is 0 Å². The van der Waals surface area contributed by atoms with Crippen LogP contribution in [0.25, 0.3) is 0 Å². The van der Waals surface area contributed by atoms with E-state index in [9.17, 15) is 14.4 Å². The Morgan fingerprint density at radius 3 is 2.59 bits per heavy atom. The summed E-state index contributed by atoms with van der Waals surface area (Å²) in [5, 5.41) is 15.7. The third-order valence-electron chi connectivity index (χ3n) is 4.22. The van der Waals surface area contributed by atoms with Crippen molar-refractivity contribution in [3.05, 3.63) is 47.5 Å². The molecule has 29 heavy (non-hydrogen) atoms. The molecule has 0 saturated heterocycles. The molecule has 3 N–H and O–H groups in total. The van der Waals surface area contributed by atoms with Crippen LogP contribution >= 0.6 is 0 Å². The summed E-state index contributed by atoms with van der Waals surface area (Å²) in [6, 6.07) is -0.762. The SMILES string of the molecule is CC1=CC=C(NC(=O)CNC(=O)C(NC(=O)Cn2cc(C)nn2)C(C)C)C=CC1. The molecule has 1 unspecified atom stereocenters. The number of aryl methyl sites for hydroxylation is 1. The Morgan fingerprint density at radius 2 is 1.93 bits per heavy atom. The van der Waals surface area contributed by atoms with Crippen LogP contribution in [0.1, 0.15) is 32.9 Å². The van der Waals surface area contributed by atoms with Gasteiger partial charge in [-0.05, 0) is 38.3 Å². The summed E-state index contributed by atoms with van der Waals surface area (Å²) in [5.74, 6) is -1.27. The minimum absolute atomic E-state index is 0.0365. The number of nitrogens with one attached hydrogen (secondary N) is 3. The fourth-order valence-corrected chi connectivity index (χ4v) is 2.67. The number of carbonyl (C=O) groups is 3. The minimum atomic E-state index is -0.762.